The summed E-state index contributed by atoms with van der Waals surface area (Å²) < 4.78 is 5.20. The van der Waals surface area contributed by atoms with Gasteiger partial charge in [-0.15, -0.1) is 0 Å². The first-order chi connectivity index (χ1) is 8.40. The lowest BCUT2D eigenvalue weighted by Crippen LogP contribution is -2.36. The van der Waals surface area contributed by atoms with E-state index in [2.05, 4.69) is 11.4 Å². The van der Waals surface area contributed by atoms with Gasteiger partial charge in [0.15, 0.2) is 0 Å². The van der Waals surface area contributed by atoms with Crippen LogP contribution >= 0.6 is 0 Å². The van der Waals surface area contributed by atoms with Gasteiger partial charge in [-0.3, -0.25) is 0 Å². The molecule has 18 heavy (non-hydrogen) atoms. The minimum absolute atomic E-state index is 0.332. The van der Waals surface area contributed by atoms with Gasteiger partial charge in [0.2, 0.25) is 0 Å². The molecule has 0 radical (unpaired) electrons. The Hall–Kier alpha value is -1.24. The third-order valence-electron chi connectivity index (χ3n) is 3.28. The molecule has 0 heterocycles. The molecule has 0 aliphatic heterocycles. The monoisotopic (exact) mass is 252 g/mol. The van der Waals surface area contributed by atoms with E-state index >= 15 is 0 Å². The lowest BCUT2D eigenvalue weighted by Gasteiger charge is -2.27. The van der Waals surface area contributed by atoms with Crippen LogP contribution in [0.25, 0.3) is 0 Å². The summed E-state index contributed by atoms with van der Waals surface area (Å²) in [4.78, 5) is 11.5. The molecule has 0 unspecified atom stereocenters. The average Bonchev–Trinajstić information content (AvgIpc) is 2.26. The van der Waals surface area contributed by atoms with Crippen molar-refractivity contribution in [2.45, 2.75) is 58.5 Å². The summed E-state index contributed by atoms with van der Waals surface area (Å²) in [5.74, 6) is 1.10. The molecule has 0 aromatic heterocycles. The quantitative estimate of drug-likeness (QED) is 0.838. The Kier molecular flexibility index (Phi) is 5.46. The second-order valence-corrected chi connectivity index (χ2v) is 6.13. The van der Waals surface area contributed by atoms with E-state index in [0.717, 1.165) is 25.7 Å². The molecule has 0 atom stereocenters. The van der Waals surface area contributed by atoms with Gasteiger partial charge >= 0.3 is 6.09 Å². The summed E-state index contributed by atoms with van der Waals surface area (Å²) in [5.41, 5.74) is -0.436. The number of carbonyl (C=O) groups is 1. The molecular formula is C14H24N2O2. The van der Waals surface area contributed by atoms with Gasteiger partial charge in [0.05, 0.1) is 6.07 Å². The summed E-state index contributed by atoms with van der Waals surface area (Å²) in [6.07, 6.45) is 4.75. The van der Waals surface area contributed by atoms with Gasteiger partial charge in [0.25, 0.3) is 0 Å². The maximum atomic E-state index is 11.5. The number of hydrogen-bond acceptors (Lipinski definition) is 3. The van der Waals surface area contributed by atoms with Crippen molar-refractivity contribution in [3.8, 4) is 6.07 Å². The Labute approximate surface area is 110 Å². The SMILES string of the molecule is CC(C)(C)OC(=O)NC[C@H]1CC[C@H](CC#N)CC1. The molecule has 0 spiro atoms. The number of nitrogens with one attached hydrogen (secondary N) is 1. The van der Waals surface area contributed by atoms with Crippen LogP contribution in [0.5, 0.6) is 0 Å². The van der Waals surface area contributed by atoms with Crippen LogP contribution < -0.4 is 5.32 Å². The second kappa shape index (κ2) is 6.63. The average molecular weight is 252 g/mol. The molecule has 1 aliphatic rings. The molecule has 1 fully saturated rings. The van der Waals surface area contributed by atoms with Crippen LogP contribution in [-0.4, -0.2) is 18.2 Å². The molecule has 4 nitrogen and oxygen atoms in total. The van der Waals surface area contributed by atoms with E-state index in [1.165, 1.54) is 0 Å². The van der Waals surface area contributed by atoms with E-state index in [9.17, 15) is 4.79 Å². The number of hydrogen-bond donors (Lipinski definition) is 1. The highest BCUT2D eigenvalue weighted by atomic mass is 16.6. The van der Waals surface area contributed by atoms with E-state index in [-0.39, 0.29) is 6.09 Å². The van der Waals surface area contributed by atoms with Crippen molar-refractivity contribution in [1.29, 1.82) is 5.26 Å². The molecule has 1 saturated carbocycles. The highest BCUT2D eigenvalue weighted by Gasteiger charge is 2.22. The summed E-state index contributed by atoms with van der Waals surface area (Å²) in [7, 11) is 0. The molecule has 1 rings (SSSR count). The number of ether oxygens (including phenoxy) is 1. The minimum atomic E-state index is -0.436. The van der Waals surface area contributed by atoms with Crippen molar-refractivity contribution in [3.05, 3.63) is 0 Å². The third kappa shape index (κ3) is 5.90. The maximum absolute atomic E-state index is 11.5. The molecule has 1 aliphatic carbocycles. The first-order valence-electron chi connectivity index (χ1n) is 6.74. The normalized spacial score (nSPS) is 24.1. The first-order valence-corrected chi connectivity index (χ1v) is 6.74. The zero-order valence-corrected chi connectivity index (χ0v) is 11.7. The number of nitriles is 1. The van der Waals surface area contributed by atoms with E-state index < -0.39 is 5.60 Å². The Morgan fingerprint density at radius 1 is 1.28 bits per heavy atom. The van der Waals surface area contributed by atoms with E-state index in [1.54, 1.807) is 0 Å². The highest BCUT2D eigenvalue weighted by Crippen LogP contribution is 2.30. The number of carbonyl (C=O) groups excluding carboxylic acids is 1. The predicted octanol–water partition coefficient (Wildman–Crippen LogP) is 3.23. The van der Waals surface area contributed by atoms with Crippen molar-refractivity contribution in [3.63, 3.8) is 0 Å². The van der Waals surface area contributed by atoms with Crippen molar-refractivity contribution in [2.24, 2.45) is 11.8 Å². The van der Waals surface area contributed by atoms with Gasteiger partial charge in [-0.25, -0.2) is 4.79 Å². The molecule has 102 valence electrons. The van der Waals surface area contributed by atoms with Crippen molar-refractivity contribution >= 4 is 6.09 Å². The van der Waals surface area contributed by atoms with Crippen LogP contribution in [0.1, 0.15) is 52.9 Å². The predicted molar refractivity (Wildman–Crippen MR) is 69.9 cm³/mol. The summed E-state index contributed by atoms with van der Waals surface area (Å²) in [6.45, 7) is 6.27. The summed E-state index contributed by atoms with van der Waals surface area (Å²) >= 11 is 0. The topological polar surface area (TPSA) is 62.1 Å². The van der Waals surface area contributed by atoms with Crippen molar-refractivity contribution in [2.75, 3.05) is 6.54 Å². The molecule has 0 saturated heterocycles. The Bertz CT molecular complexity index is 307. The van der Waals surface area contributed by atoms with Crippen LogP contribution in [0.3, 0.4) is 0 Å². The van der Waals surface area contributed by atoms with Gasteiger partial charge in [-0.1, -0.05) is 0 Å². The molecule has 1 amide bonds. The van der Waals surface area contributed by atoms with E-state index in [1.807, 2.05) is 20.8 Å². The first kappa shape index (κ1) is 14.8. The molecule has 4 heteroatoms. The maximum Gasteiger partial charge on any atom is 0.407 e. The molecule has 0 aromatic rings. The Balaban J connectivity index is 2.18. The zero-order chi connectivity index (χ0) is 13.6. The van der Waals surface area contributed by atoms with E-state index in [4.69, 9.17) is 10.00 Å². The van der Waals surface area contributed by atoms with Gasteiger partial charge in [-0.2, -0.15) is 5.26 Å². The van der Waals surface area contributed by atoms with Crippen LogP contribution in [0, 0.1) is 23.2 Å². The zero-order valence-electron chi connectivity index (χ0n) is 11.7. The summed E-state index contributed by atoms with van der Waals surface area (Å²) in [5, 5.41) is 11.5. The number of nitrogens with zero attached hydrogens (tertiary/aromatic N) is 1. The highest BCUT2D eigenvalue weighted by molar-refractivity contribution is 5.67. The third-order valence-corrected chi connectivity index (χ3v) is 3.28. The van der Waals surface area contributed by atoms with E-state index in [0.29, 0.717) is 24.8 Å². The van der Waals surface area contributed by atoms with Crippen molar-refractivity contribution in [1.82, 2.24) is 5.32 Å². The van der Waals surface area contributed by atoms with Crippen molar-refractivity contribution < 1.29 is 9.53 Å². The fourth-order valence-electron chi connectivity index (χ4n) is 2.31. The second-order valence-electron chi connectivity index (χ2n) is 6.13. The fraction of sp³-hybridized carbons (Fsp3) is 0.857. The largest absolute Gasteiger partial charge is 0.444 e. The van der Waals surface area contributed by atoms with Crippen LogP contribution in [0.2, 0.25) is 0 Å². The number of amides is 1. The van der Waals surface area contributed by atoms with Gasteiger partial charge in [0, 0.05) is 13.0 Å². The van der Waals surface area contributed by atoms with Gasteiger partial charge in [0.1, 0.15) is 5.60 Å². The Morgan fingerprint density at radius 3 is 2.33 bits per heavy atom. The van der Waals surface area contributed by atoms with Crippen LogP contribution in [-0.2, 0) is 4.74 Å². The molecular weight excluding hydrogens is 228 g/mol. The minimum Gasteiger partial charge on any atom is -0.444 e. The van der Waals surface area contributed by atoms with Crippen LogP contribution in [0.15, 0.2) is 0 Å². The molecule has 0 bridgehead atoms. The standard InChI is InChI=1S/C14H24N2O2/c1-14(2,3)18-13(17)16-10-12-6-4-11(5-7-12)8-9-15/h11-12H,4-8,10H2,1-3H3,(H,16,17)/t11-,12-. The summed E-state index contributed by atoms with van der Waals surface area (Å²) in [6, 6.07) is 2.24. The molecule has 1 N–H and O–H groups in total. The van der Waals surface area contributed by atoms with Gasteiger partial charge < -0.3 is 10.1 Å². The smallest absolute Gasteiger partial charge is 0.407 e. The van der Waals surface area contributed by atoms with Crippen LogP contribution in [0.4, 0.5) is 4.79 Å². The number of rotatable bonds is 3. The number of alkyl carbamates (subject to hydrolysis) is 1. The fourth-order valence-corrected chi connectivity index (χ4v) is 2.31. The lowest BCUT2D eigenvalue weighted by atomic mass is 9.81. The Morgan fingerprint density at radius 2 is 1.83 bits per heavy atom. The van der Waals surface area contributed by atoms with Gasteiger partial charge in [-0.05, 0) is 58.3 Å². The molecule has 0 aromatic carbocycles. The lowest BCUT2D eigenvalue weighted by molar-refractivity contribution is 0.0513.